The highest BCUT2D eigenvalue weighted by Gasteiger charge is 2.10. The van der Waals surface area contributed by atoms with Gasteiger partial charge in [-0.05, 0) is 60.2 Å². The third kappa shape index (κ3) is 4.05. The predicted octanol–water partition coefficient (Wildman–Crippen LogP) is 4.47. The Morgan fingerprint density at radius 3 is 2.21 bits per heavy atom. The average Bonchev–Trinajstić information content (AvgIpc) is 3.14. The van der Waals surface area contributed by atoms with Crippen LogP contribution in [0.15, 0.2) is 84.9 Å². The molecular formula is C23H21N3O2. The lowest BCUT2D eigenvalue weighted by atomic mass is 10.1. The number of hydrogen-bond acceptors (Lipinski definition) is 4. The molecule has 0 bridgehead atoms. The molecule has 0 saturated heterocycles. The fraction of sp³-hybridized carbons (Fsp3) is 0.0870. The Kier molecular flexibility index (Phi) is 5.08. The van der Waals surface area contributed by atoms with Crippen molar-refractivity contribution in [3.05, 3.63) is 96.2 Å². The van der Waals surface area contributed by atoms with Crippen LogP contribution in [0.3, 0.4) is 0 Å². The molecule has 4 aromatic rings. The summed E-state index contributed by atoms with van der Waals surface area (Å²) in [4.78, 5) is 0. The number of nitrogens with zero attached hydrogens (tertiary/aromatic N) is 2. The van der Waals surface area contributed by atoms with Gasteiger partial charge in [-0.3, -0.25) is 4.68 Å². The first-order chi connectivity index (χ1) is 13.7. The van der Waals surface area contributed by atoms with Gasteiger partial charge in [0.1, 0.15) is 11.5 Å². The van der Waals surface area contributed by atoms with E-state index in [-0.39, 0.29) is 6.61 Å². The summed E-state index contributed by atoms with van der Waals surface area (Å²) in [6, 6.07) is 27.0. The van der Waals surface area contributed by atoms with Gasteiger partial charge in [-0.2, -0.15) is 5.10 Å². The molecule has 0 spiro atoms. The van der Waals surface area contributed by atoms with Gasteiger partial charge in [0.15, 0.2) is 0 Å². The highest BCUT2D eigenvalue weighted by molar-refractivity contribution is 5.60. The van der Waals surface area contributed by atoms with Crippen LogP contribution in [0, 0.1) is 0 Å². The molecule has 0 unspecified atom stereocenters. The van der Waals surface area contributed by atoms with E-state index in [0.717, 1.165) is 39.7 Å². The molecule has 0 aliphatic heterocycles. The molecule has 3 N–H and O–H groups in total. The quantitative estimate of drug-likeness (QED) is 0.491. The molecular weight excluding hydrogens is 350 g/mol. The van der Waals surface area contributed by atoms with Crippen LogP contribution < -0.4 is 10.5 Å². The van der Waals surface area contributed by atoms with Crippen LogP contribution in [0.5, 0.6) is 11.5 Å². The summed E-state index contributed by atoms with van der Waals surface area (Å²) in [6.07, 6.45) is 0. The standard InChI is InChI=1S/C23H21N3O2/c24-19-10-6-17(7-11-19)15-26-20(16-27)14-23(25-26)18-8-12-22(13-9-18)28-21-4-2-1-3-5-21/h1-14,27H,15-16,24H2. The van der Waals surface area contributed by atoms with Crippen LogP contribution in [-0.2, 0) is 13.2 Å². The number of anilines is 1. The minimum Gasteiger partial charge on any atom is -0.457 e. The van der Waals surface area contributed by atoms with Crippen LogP contribution >= 0.6 is 0 Å². The van der Waals surface area contributed by atoms with Crippen LogP contribution in [0.1, 0.15) is 11.3 Å². The molecule has 140 valence electrons. The van der Waals surface area contributed by atoms with Gasteiger partial charge in [0.05, 0.1) is 24.5 Å². The summed E-state index contributed by atoms with van der Waals surface area (Å²) < 4.78 is 7.65. The first-order valence-electron chi connectivity index (χ1n) is 9.06. The third-order valence-corrected chi connectivity index (χ3v) is 4.47. The molecule has 0 fully saturated rings. The van der Waals surface area contributed by atoms with E-state index >= 15 is 0 Å². The summed E-state index contributed by atoms with van der Waals surface area (Å²) in [7, 11) is 0. The number of ether oxygens (including phenoxy) is 1. The second-order valence-corrected chi connectivity index (χ2v) is 6.52. The average molecular weight is 371 g/mol. The third-order valence-electron chi connectivity index (χ3n) is 4.47. The number of hydrogen-bond donors (Lipinski definition) is 2. The molecule has 0 atom stereocenters. The van der Waals surface area contributed by atoms with Crippen molar-refractivity contribution in [3.8, 4) is 22.8 Å². The lowest BCUT2D eigenvalue weighted by Gasteiger charge is -2.06. The summed E-state index contributed by atoms with van der Waals surface area (Å²) in [6.45, 7) is 0.503. The lowest BCUT2D eigenvalue weighted by molar-refractivity contribution is 0.269. The number of para-hydroxylation sites is 1. The van der Waals surface area contributed by atoms with Gasteiger partial charge in [0.25, 0.3) is 0 Å². The van der Waals surface area contributed by atoms with Gasteiger partial charge in [-0.15, -0.1) is 0 Å². The van der Waals surface area contributed by atoms with Crippen molar-refractivity contribution in [1.29, 1.82) is 0 Å². The fourth-order valence-corrected chi connectivity index (χ4v) is 2.98. The van der Waals surface area contributed by atoms with E-state index in [0.29, 0.717) is 6.54 Å². The van der Waals surface area contributed by atoms with Crippen LogP contribution in [0.4, 0.5) is 5.69 Å². The molecule has 0 radical (unpaired) electrons. The van der Waals surface area contributed by atoms with Gasteiger partial charge in [-0.25, -0.2) is 0 Å². The zero-order valence-corrected chi connectivity index (χ0v) is 15.3. The minimum absolute atomic E-state index is 0.0722. The van der Waals surface area contributed by atoms with Crippen molar-refractivity contribution in [1.82, 2.24) is 9.78 Å². The zero-order valence-electron chi connectivity index (χ0n) is 15.3. The van der Waals surface area contributed by atoms with Crippen molar-refractivity contribution in [2.75, 3.05) is 5.73 Å². The molecule has 0 saturated carbocycles. The molecule has 0 aliphatic carbocycles. The van der Waals surface area contributed by atoms with E-state index in [9.17, 15) is 5.11 Å². The van der Waals surface area contributed by atoms with Gasteiger partial charge in [-0.1, -0.05) is 30.3 Å². The van der Waals surface area contributed by atoms with E-state index < -0.39 is 0 Å². The fourth-order valence-electron chi connectivity index (χ4n) is 2.98. The SMILES string of the molecule is Nc1ccc(Cn2nc(-c3ccc(Oc4ccccc4)cc3)cc2CO)cc1. The number of aliphatic hydroxyl groups is 1. The lowest BCUT2D eigenvalue weighted by Crippen LogP contribution is -2.06. The second-order valence-electron chi connectivity index (χ2n) is 6.52. The topological polar surface area (TPSA) is 73.3 Å². The Bertz CT molecular complexity index is 1040. The second kappa shape index (κ2) is 7.98. The Morgan fingerprint density at radius 1 is 0.857 bits per heavy atom. The van der Waals surface area contributed by atoms with Crippen molar-refractivity contribution in [3.63, 3.8) is 0 Å². The molecule has 5 nitrogen and oxygen atoms in total. The first-order valence-corrected chi connectivity index (χ1v) is 9.06. The minimum atomic E-state index is -0.0722. The van der Waals surface area contributed by atoms with E-state index in [4.69, 9.17) is 10.5 Å². The predicted molar refractivity (Wildman–Crippen MR) is 110 cm³/mol. The first kappa shape index (κ1) is 17.8. The normalized spacial score (nSPS) is 10.8. The Balaban J connectivity index is 1.54. The molecule has 3 aromatic carbocycles. The molecule has 5 heteroatoms. The van der Waals surface area contributed by atoms with E-state index in [1.54, 1.807) is 0 Å². The molecule has 1 aromatic heterocycles. The number of aromatic nitrogens is 2. The number of nitrogen functional groups attached to an aromatic ring is 1. The Labute approximate surface area is 163 Å². The maximum Gasteiger partial charge on any atom is 0.127 e. The molecule has 0 aliphatic rings. The smallest absolute Gasteiger partial charge is 0.127 e. The highest BCUT2D eigenvalue weighted by Crippen LogP contribution is 2.26. The van der Waals surface area contributed by atoms with Crippen LogP contribution in [-0.4, -0.2) is 14.9 Å². The van der Waals surface area contributed by atoms with Crippen LogP contribution in [0.25, 0.3) is 11.3 Å². The van der Waals surface area contributed by atoms with Crippen LogP contribution in [0.2, 0.25) is 0 Å². The Morgan fingerprint density at radius 2 is 1.54 bits per heavy atom. The van der Waals surface area contributed by atoms with E-state index in [2.05, 4.69) is 5.10 Å². The van der Waals surface area contributed by atoms with Crippen molar-refractivity contribution in [2.45, 2.75) is 13.2 Å². The van der Waals surface area contributed by atoms with E-state index in [1.165, 1.54) is 0 Å². The van der Waals surface area contributed by atoms with Crippen molar-refractivity contribution in [2.24, 2.45) is 0 Å². The van der Waals surface area contributed by atoms with Gasteiger partial charge >= 0.3 is 0 Å². The summed E-state index contributed by atoms with van der Waals surface area (Å²) >= 11 is 0. The molecule has 1 heterocycles. The molecule has 28 heavy (non-hydrogen) atoms. The summed E-state index contributed by atoms with van der Waals surface area (Å²) in [5.74, 6) is 1.56. The number of benzene rings is 3. The largest absolute Gasteiger partial charge is 0.457 e. The number of aliphatic hydroxyl groups excluding tert-OH is 1. The molecule has 0 amide bonds. The number of rotatable bonds is 6. The summed E-state index contributed by atoms with van der Waals surface area (Å²) in [5.41, 5.74) is 10.1. The molecule has 4 rings (SSSR count). The Hall–Kier alpha value is -3.57. The van der Waals surface area contributed by atoms with Gasteiger partial charge < -0.3 is 15.6 Å². The summed E-state index contributed by atoms with van der Waals surface area (Å²) in [5, 5.41) is 14.4. The maximum absolute atomic E-state index is 9.71. The van der Waals surface area contributed by atoms with E-state index in [1.807, 2.05) is 89.6 Å². The monoisotopic (exact) mass is 371 g/mol. The number of nitrogens with two attached hydrogens (primary N) is 1. The van der Waals surface area contributed by atoms with Gasteiger partial charge in [0.2, 0.25) is 0 Å². The van der Waals surface area contributed by atoms with Crippen molar-refractivity contribution >= 4 is 5.69 Å². The highest BCUT2D eigenvalue weighted by atomic mass is 16.5. The van der Waals surface area contributed by atoms with Gasteiger partial charge in [0, 0.05) is 11.3 Å². The van der Waals surface area contributed by atoms with Crippen molar-refractivity contribution < 1.29 is 9.84 Å². The zero-order chi connectivity index (χ0) is 19.3. The maximum atomic E-state index is 9.71.